The van der Waals surface area contributed by atoms with Crippen LogP contribution in [0.3, 0.4) is 0 Å². The molecule has 1 N–H and O–H groups in total. The Hall–Kier alpha value is -0.630. The van der Waals surface area contributed by atoms with E-state index in [4.69, 9.17) is 0 Å². The van der Waals surface area contributed by atoms with Gasteiger partial charge in [0, 0.05) is 17.1 Å². The van der Waals surface area contributed by atoms with E-state index in [0.717, 1.165) is 24.1 Å². The van der Waals surface area contributed by atoms with Crippen LogP contribution < -0.4 is 5.32 Å². The second-order valence-electron chi connectivity index (χ2n) is 5.44. The summed E-state index contributed by atoms with van der Waals surface area (Å²) in [5.41, 5.74) is 1.32. The molecule has 1 fully saturated rings. The largest absolute Gasteiger partial charge is 0.384 e. The van der Waals surface area contributed by atoms with E-state index in [1.54, 1.807) is 0 Å². The van der Waals surface area contributed by atoms with Crippen molar-refractivity contribution in [2.45, 2.75) is 44.4 Å². The molecule has 0 spiro atoms. The topological polar surface area (TPSA) is 12.0 Å². The lowest BCUT2D eigenvalue weighted by atomic mass is 9.83. The van der Waals surface area contributed by atoms with Gasteiger partial charge in [-0.3, -0.25) is 0 Å². The molecule has 2 rings (SSSR count). The molecule has 2 heteroatoms. The summed E-state index contributed by atoms with van der Waals surface area (Å²) >= 11 is 1.93. The lowest BCUT2D eigenvalue weighted by Crippen LogP contribution is -2.20. The number of anilines is 1. The van der Waals surface area contributed by atoms with Crippen molar-refractivity contribution in [2.24, 2.45) is 11.8 Å². The standard InChI is InChI=1S/C16H25NS/c1-3-18-16-7-5-4-6-15(16)17-12-14-10-8-13(2)9-11-14/h4-7,13-14,17H,3,8-12H2,1-2H3. The van der Waals surface area contributed by atoms with E-state index >= 15 is 0 Å². The van der Waals surface area contributed by atoms with E-state index in [1.807, 2.05) is 11.8 Å². The van der Waals surface area contributed by atoms with Crippen LogP contribution in [-0.2, 0) is 0 Å². The van der Waals surface area contributed by atoms with Crippen LogP contribution in [0.15, 0.2) is 29.2 Å². The molecule has 1 aromatic carbocycles. The Balaban J connectivity index is 1.86. The van der Waals surface area contributed by atoms with Crippen LogP contribution in [0.2, 0.25) is 0 Å². The maximum Gasteiger partial charge on any atom is 0.0478 e. The Morgan fingerprint density at radius 1 is 1.17 bits per heavy atom. The number of thioether (sulfide) groups is 1. The summed E-state index contributed by atoms with van der Waals surface area (Å²) in [5.74, 6) is 2.96. The maximum atomic E-state index is 3.66. The second kappa shape index (κ2) is 7.08. The number of hydrogen-bond donors (Lipinski definition) is 1. The highest BCUT2D eigenvalue weighted by atomic mass is 32.2. The third kappa shape index (κ3) is 3.94. The van der Waals surface area contributed by atoms with Gasteiger partial charge < -0.3 is 5.32 Å². The summed E-state index contributed by atoms with van der Waals surface area (Å²) in [6.45, 7) is 5.74. The molecule has 0 aromatic heterocycles. The van der Waals surface area contributed by atoms with E-state index in [2.05, 4.69) is 43.4 Å². The first-order chi connectivity index (χ1) is 8.79. The molecular weight excluding hydrogens is 238 g/mol. The van der Waals surface area contributed by atoms with Crippen LogP contribution in [0.5, 0.6) is 0 Å². The Morgan fingerprint density at radius 3 is 2.61 bits per heavy atom. The summed E-state index contributed by atoms with van der Waals surface area (Å²) in [5, 5.41) is 3.66. The molecule has 1 aliphatic rings. The minimum absolute atomic E-state index is 0.876. The summed E-state index contributed by atoms with van der Waals surface area (Å²) in [6, 6.07) is 8.69. The first-order valence-corrected chi connectivity index (χ1v) is 8.24. The molecule has 0 heterocycles. The van der Waals surface area contributed by atoms with Crippen molar-refractivity contribution < 1.29 is 0 Å². The number of para-hydroxylation sites is 1. The molecule has 0 amide bonds. The van der Waals surface area contributed by atoms with Crippen LogP contribution in [0.25, 0.3) is 0 Å². The van der Waals surface area contributed by atoms with Gasteiger partial charge in [0.1, 0.15) is 0 Å². The SMILES string of the molecule is CCSc1ccccc1NCC1CCC(C)CC1. The van der Waals surface area contributed by atoms with Crippen LogP contribution in [0.1, 0.15) is 39.5 Å². The average molecular weight is 263 g/mol. The molecule has 18 heavy (non-hydrogen) atoms. The molecule has 0 atom stereocenters. The van der Waals surface area contributed by atoms with Crippen molar-refractivity contribution in [1.82, 2.24) is 0 Å². The predicted molar refractivity (Wildman–Crippen MR) is 82.5 cm³/mol. The van der Waals surface area contributed by atoms with Crippen molar-refractivity contribution in [1.29, 1.82) is 0 Å². The van der Waals surface area contributed by atoms with E-state index in [1.165, 1.54) is 36.3 Å². The molecule has 1 aromatic rings. The monoisotopic (exact) mass is 263 g/mol. The molecule has 0 bridgehead atoms. The molecule has 1 saturated carbocycles. The number of benzene rings is 1. The van der Waals surface area contributed by atoms with Crippen molar-refractivity contribution in [2.75, 3.05) is 17.6 Å². The number of rotatable bonds is 5. The minimum Gasteiger partial charge on any atom is -0.384 e. The van der Waals surface area contributed by atoms with Gasteiger partial charge in [-0.1, -0.05) is 38.8 Å². The maximum absolute atomic E-state index is 3.66. The van der Waals surface area contributed by atoms with Crippen LogP contribution in [-0.4, -0.2) is 12.3 Å². The summed E-state index contributed by atoms with van der Waals surface area (Å²) in [4.78, 5) is 1.39. The fraction of sp³-hybridized carbons (Fsp3) is 0.625. The normalized spacial score (nSPS) is 23.9. The molecule has 0 aliphatic heterocycles. The second-order valence-corrected chi connectivity index (χ2v) is 6.74. The van der Waals surface area contributed by atoms with Crippen LogP contribution >= 0.6 is 11.8 Å². The zero-order valence-electron chi connectivity index (χ0n) is 11.6. The van der Waals surface area contributed by atoms with E-state index < -0.39 is 0 Å². The Labute approximate surface area is 116 Å². The fourth-order valence-electron chi connectivity index (χ4n) is 2.68. The molecular formula is C16H25NS. The summed E-state index contributed by atoms with van der Waals surface area (Å²) in [6.07, 6.45) is 5.63. The van der Waals surface area contributed by atoms with E-state index in [9.17, 15) is 0 Å². The molecule has 1 aliphatic carbocycles. The van der Waals surface area contributed by atoms with Gasteiger partial charge in [0.25, 0.3) is 0 Å². The highest BCUT2D eigenvalue weighted by Crippen LogP contribution is 2.30. The van der Waals surface area contributed by atoms with E-state index in [-0.39, 0.29) is 0 Å². The van der Waals surface area contributed by atoms with Crippen molar-refractivity contribution in [3.63, 3.8) is 0 Å². The Bertz CT molecular complexity index is 356. The van der Waals surface area contributed by atoms with Gasteiger partial charge in [-0.2, -0.15) is 0 Å². The van der Waals surface area contributed by atoms with Gasteiger partial charge in [0.2, 0.25) is 0 Å². The smallest absolute Gasteiger partial charge is 0.0478 e. The fourth-order valence-corrected chi connectivity index (χ4v) is 3.46. The molecule has 100 valence electrons. The number of nitrogens with one attached hydrogen (secondary N) is 1. The zero-order valence-corrected chi connectivity index (χ0v) is 12.4. The quantitative estimate of drug-likeness (QED) is 0.747. The first kappa shape index (κ1) is 13.8. The summed E-state index contributed by atoms with van der Waals surface area (Å²) in [7, 11) is 0. The highest BCUT2D eigenvalue weighted by Gasteiger charge is 2.18. The van der Waals surface area contributed by atoms with Gasteiger partial charge in [-0.15, -0.1) is 11.8 Å². The lowest BCUT2D eigenvalue weighted by molar-refractivity contribution is 0.300. The van der Waals surface area contributed by atoms with Gasteiger partial charge in [0.05, 0.1) is 0 Å². The Kier molecular flexibility index (Phi) is 5.43. The highest BCUT2D eigenvalue weighted by molar-refractivity contribution is 7.99. The zero-order chi connectivity index (χ0) is 12.8. The average Bonchev–Trinajstić information content (AvgIpc) is 2.40. The first-order valence-electron chi connectivity index (χ1n) is 7.25. The number of hydrogen-bond acceptors (Lipinski definition) is 2. The third-order valence-corrected chi connectivity index (χ3v) is 4.86. The minimum atomic E-state index is 0.876. The van der Waals surface area contributed by atoms with Crippen molar-refractivity contribution in [3.05, 3.63) is 24.3 Å². The molecule has 0 radical (unpaired) electrons. The molecule has 1 nitrogen and oxygen atoms in total. The van der Waals surface area contributed by atoms with Crippen molar-refractivity contribution >= 4 is 17.4 Å². The van der Waals surface area contributed by atoms with Gasteiger partial charge in [0.15, 0.2) is 0 Å². The van der Waals surface area contributed by atoms with E-state index in [0.29, 0.717) is 0 Å². The third-order valence-electron chi connectivity index (χ3n) is 3.90. The van der Waals surface area contributed by atoms with Gasteiger partial charge in [-0.25, -0.2) is 0 Å². The van der Waals surface area contributed by atoms with Crippen LogP contribution in [0, 0.1) is 11.8 Å². The van der Waals surface area contributed by atoms with Crippen LogP contribution in [0.4, 0.5) is 5.69 Å². The predicted octanol–water partition coefficient (Wildman–Crippen LogP) is 5.04. The molecule has 0 saturated heterocycles. The lowest BCUT2D eigenvalue weighted by Gasteiger charge is -2.26. The Morgan fingerprint density at radius 2 is 1.89 bits per heavy atom. The summed E-state index contributed by atoms with van der Waals surface area (Å²) < 4.78 is 0. The van der Waals surface area contributed by atoms with Crippen molar-refractivity contribution in [3.8, 4) is 0 Å². The molecule has 0 unspecified atom stereocenters. The van der Waals surface area contributed by atoms with Gasteiger partial charge in [-0.05, 0) is 42.6 Å². The van der Waals surface area contributed by atoms with Gasteiger partial charge >= 0.3 is 0 Å².